The number of nitrogens with one attached hydrogen (secondary N) is 1. The zero-order valence-electron chi connectivity index (χ0n) is 17.9. The van der Waals surface area contributed by atoms with E-state index in [1.165, 1.54) is 0 Å². The first-order chi connectivity index (χ1) is 16.0. The van der Waals surface area contributed by atoms with E-state index in [4.69, 9.17) is 14.2 Å². The molecule has 1 aromatic heterocycles. The van der Waals surface area contributed by atoms with Crippen molar-refractivity contribution in [3.63, 3.8) is 0 Å². The quantitative estimate of drug-likeness (QED) is 0.321. The fourth-order valence-electron chi connectivity index (χ4n) is 3.63. The maximum Gasteiger partial charge on any atom is 0.231 e. The summed E-state index contributed by atoms with van der Waals surface area (Å²) in [6.07, 6.45) is -3.79. The number of H-pyrrole nitrogens is 1. The Morgan fingerprint density at radius 2 is 1.64 bits per heavy atom. The lowest BCUT2D eigenvalue weighted by Crippen LogP contribution is -2.60. The van der Waals surface area contributed by atoms with Crippen molar-refractivity contribution in [3.05, 3.63) is 77.5 Å². The van der Waals surface area contributed by atoms with Crippen molar-refractivity contribution in [2.45, 2.75) is 50.2 Å². The van der Waals surface area contributed by atoms with E-state index in [1.54, 1.807) is 6.20 Å². The third-order valence-electron chi connectivity index (χ3n) is 5.62. The van der Waals surface area contributed by atoms with Gasteiger partial charge in [-0.1, -0.05) is 42.5 Å². The van der Waals surface area contributed by atoms with Crippen LogP contribution in [0, 0.1) is 0 Å². The van der Waals surface area contributed by atoms with Crippen LogP contribution in [0.3, 0.4) is 0 Å². The smallest absolute Gasteiger partial charge is 0.231 e. The Hall–Kier alpha value is -2.95. The predicted octanol–water partition coefficient (Wildman–Crippen LogP) is 0.953. The van der Waals surface area contributed by atoms with E-state index in [2.05, 4.69) is 10.2 Å². The molecule has 5 N–H and O–H groups in total. The maximum absolute atomic E-state index is 10.2. The minimum absolute atomic E-state index is 0.294. The second kappa shape index (κ2) is 10.8. The molecule has 0 spiro atoms. The molecule has 9 nitrogen and oxygen atoms in total. The van der Waals surface area contributed by atoms with Crippen LogP contribution in [-0.2, 0) is 24.2 Å². The highest BCUT2D eigenvalue weighted by Gasteiger charge is 2.45. The van der Waals surface area contributed by atoms with E-state index in [9.17, 15) is 20.4 Å². The van der Waals surface area contributed by atoms with Crippen molar-refractivity contribution < 1.29 is 34.6 Å². The molecular weight excluding hydrogens is 428 g/mol. The molecule has 0 saturated carbocycles. The fraction of sp³-hybridized carbons (Fsp3) is 0.375. The van der Waals surface area contributed by atoms with Crippen molar-refractivity contribution in [2.24, 2.45) is 0 Å². The summed E-state index contributed by atoms with van der Waals surface area (Å²) in [6.45, 7) is -0.0143. The van der Waals surface area contributed by atoms with Crippen LogP contribution in [0.2, 0.25) is 0 Å². The fourth-order valence-corrected chi connectivity index (χ4v) is 3.63. The Morgan fingerprint density at radius 1 is 0.879 bits per heavy atom. The van der Waals surface area contributed by atoms with Gasteiger partial charge < -0.3 is 34.6 Å². The van der Waals surface area contributed by atoms with Crippen molar-refractivity contribution in [1.82, 2.24) is 10.2 Å². The van der Waals surface area contributed by atoms with E-state index in [-0.39, 0.29) is 0 Å². The minimum atomic E-state index is -1.50. The molecule has 9 heteroatoms. The summed E-state index contributed by atoms with van der Waals surface area (Å²) in [6, 6.07) is 17.8. The van der Waals surface area contributed by atoms with Crippen molar-refractivity contribution in [1.29, 1.82) is 0 Å². The standard InChI is InChI=1S/C24H28N2O7/c27-13-19-20(28)21(29)22(30)24(32-19)33-23-17(12-25-26-23)9-6-15-7-10-18(11-8-15)31-14-16-4-2-1-3-5-16/h1-5,7-8,10-12,19-22,24,27-30H,6,9,13-14H2,(H,25,26)/t19-,20-,21+,22-,24+/m1/s1. The van der Waals surface area contributed by atoms with Gasteiger partial charge in [0.1, 0.15) is 36.8 Å². The number of aromatic nitrogens is 2. The Morgan fingerprint density at radius 3 is 2.36 bits per heavy atom. The van der Waals surface area contributed by atoms with Crippen molar-refractivity contribution >= 4 is 0 Å². The van der Waals surface area contributed by atoms with Crippen LogP contribution in [0.5, 0.6) is 11.6 Å². The number of aromatic amines is 1. The topological polar surface area (TPSA) is 137 Å². The summed E-state index contributed by atoms with van der Waals surface area (Å²) < 4.78 is 16.9. The van der Waals surface area contributed by atoms with Crippen molar-refractivity contribution in [2.75, 3.05) is 6.61 Å². The molecule has 176 valence electrons. The van der Waals surface area contributed by atoms with Gasteiger partial charge in [0, 0.05) is 5.56 Å². The molecule has 5 atom stereocenters. The Labute approximate surface area is 191 Å². The second-order valence-corrected chi connectivity index (χ2v) is 7.96. The van der Waals surface area contributed by atoms with E-state index in [0.717, 1.165) is 22.4 Å². The van der Waals surface area contributed by atoms with E-state index >= 15 is 0 Å². The highest BCUT2D eigenvalue weighted by molar-refractivity contribution is 5.30. The molecule has 0 aliphatic carbocycles. The zero-order valence-corrected chi connectivity index (χ0v) is 17.9. The number of aliphatic hydroxyl groups is 4. The third-order valence-corrected chi connectivity index (χ3v) is 5.62. The van der Waals surface area contributed by atoms with Crippen LogP contribution >= 0.6 is 0 Å². The molecule has 0 amide bonds. The maximum atomic E-state index is 10.2. The van der Waals surface area contributed by atoms with Crippen LogP contribution in [0.25, 0.3) is 0 Å². The predicted molar refractivity (Wildman–Crippen MR) is 118 cm³/mol. The molecule has 1 fully saturated rings. The van der Waals surface area contributed by atoms with Gasteiger partial charge in [-0.3, -0.25) is 0 Å². The summed E-state index contributed by atoms with van der Waals surface area (Å²) in [5.41, 5.74) is 2.96. The van der Waals surface area contributed by atoms with Crippen LogP contribution in [-0.4, -0.2) is 67.9 Å². The number of nitrogens with zero attached hydrogens (tertiary/aromatic N) is 1. The van der Waals surface area contributed by atoms with Crippen LogP contribution < -0.4 is 9.47 Å². The molecular formula is C24H28N2O7. The first kappa shape index (κ1) is 23.2. The number of rotatable bonds is 9. The van der Waals surface area contributed by atoms with Crippen molar-refractivity contribution in [3.8, 4) is 11.6 Å². The van der Waals surface area contributed by atoms with Gasteiger partial charge in [0.25, 0.3) is 0 Å². The van der Waals surface area contributed by atoms with Gasteiger partial charge in [-0.2, -0.15) is 5.10 Å². The first-order valence-corrected chi connectivity index (χ1v) is 10.8. The number of benzene rings is 2. The monoisotopic (exact) mass is 456 g/mol. The number of aryl methyl sites for hydroxylation is 2. The molecule has 33 heavy (non-hydrogen) atoms. The van der Waals surface area contributed by atoms with Gasteiger partial charge in [-0.15, -0.1) is 0 Å². The highest BCUT2D eigenvalue weighted by atomic mass is 16.7. The summed E-state index contributed by atoms with van der Waals surface area (Å²) in [7, 11) is 0. The molecule has 0 unspecified atom stereocenters. The average molecular weight is 456 g/mol. The Balaban J connectivity index is 1.31. The number of aliphatic hydroxyl groups excluding tert-OH is 4. The van der Waals surface area contributed by atoms with Gasteiger partial charge in [-0.05, 0) is 36.1 Å². The molecule has 1 aliphatic rings. The third kappa shape index (κ3) is 5.70. The normalized spacial score (nSPS) is 25.0. The molecule has 2 aromatic carbocycles. The first-order valence-electron chi connectivity index (χ1n) is 10.8. The van der Waals surface area contributed by atoms with Gasteiger partial charge in [0.2, 0.25) is 12.2 Å². The Bertz CT molecular complexity index is 994. The summed E-state index contributed by atoms with van der Waals surface area (Å²) in [5.74, 6) is 1.08. The number of hydrogen-bond donors (Lipinski definition) is 5. The molecule has 0 radical (unpaired) electrons. The number of hydrogen-bond acceptors (Lipinski definition) is 8. The van der Waals surface area contributed by atoms with Gasteiger partial charge >= 0.3 is 0 Å². The lowest BCUT2D eigenvalue weighted by molar-refractivity contribution is -0.278. The van der Waals surface area contributed by atoms with Crippen LogP contribution in [0.4, 0.5) is 0 Å². The lowest BCUT2D eigenvalue weighted by Gasteiger charge is -2.39. The molecule has 2 heterocycles. The number of ether oxygens (including phenoxy) is 3. The molecule has 4 rings (SSSR count). The zero-order chi connectivity index (χ0) is 23.2. The summed E-state index contributed by atoms with van der Waals surface area (Å²) in [5, 5.41) is 46.0. The van der Waals surface area contributed by atoms with Crippen LogP contribution in [0.15, 0.2) is 60.8 Å². The van der Waals surface area contributed by atoms with Gasteiger partial charge in [0.15, 0.2) is 0 Å². The molecule has 3 aromatic rings. The largest absolute Gasteiger partial charge is 0.489 e. The van der Waals surface area contributed by atoms with Gasteiger partial charge in [0.05, 0.1) is 12.8 Å². The van der Waals surface area contributed by atoms with E-state index in [0.29, 0.717) is 25.3 Å². The highest BCUT2D eigenvalue weighted by Crippen LogP contribution is 2.26. The average Bonchev–Trinajstić information content (AvgIpc) is 3.30. The summed E-state index contributed by atoms with van der Waals surface area (Å²) in [4.78, 5) is 0. The Kier molecular flexibility index (Phi) is 7.58. The van der Waals surface area contributed by atoms with E-state index < -0.39 is 37.3 Å². The molecule has 1 aliphatic heterocycles. The SMILES string of the molecule is OC[C@H]1O[C@@H](Oc2[nH]ncc2CCc2ccc(OCc3ccccc3)cc2)[C@H](O)[C@@H](O)[C@@H]1O. The van der Waals surface area contributed by atoms with E-state index in [1.807, 2.05) is 54.6 Å². The van der Waals surface area contributed by atoms with Crippen LogP contribution in [0.1, 0.15) is 16.7 Å². The molecule has 1 saturated heterocycles. The lowest BCUT2D eigenvalue weighted by atomic mass is 9.99. The molecule has 0 bridgehead atoms. The van der Waals surface area contributed by atoms with Gasteiger partial charge in [-0.25, -0.2) is 5.10 Å². The summed E-state index contributed by atoms with van der Waals surface area (Å²) >= 11 is 0. The minimum Gasteiger partial charge on any atom is -0.489 e. The second-order valence-electron chi connectivity index (χ2n) is 7.96.